The largest absolute Gasteiger partial charge is 0.368 e. The molecule has 0 amide bonds. The molecule has 0 unspecified atom stereocenters. The van der Waals surface area contributed by atoms with Gasteiger partial charge >= 0.3 is 0 Å². The minimum absolute atomic E-state index is 0.543. The van der Waals surface area contributed by atoms with Gasteiger partial charge in [0.25, 0.3) is 0 Å². The van der Waals surface area contributed by atoms with Crippen molar-refractivity contribution in [3.05, 3.63) is 10.7 Å². The molecule has 0 saturated carbocycles. The van der Waals surface area contributed by atoms with Crippen molar-refractivity contribution >= 4 is 23.2 Å². The van der Waals surface area contributed by atoms with E-state index in [1.165, 1.54) is 5.54 Å². The van der Waals surface area contributed by atoms with E-state index < -0.39 is 0 Å². The third-order valence-electron chi connectivity index (χ3n) is 0.517. The van der Waals surface area contributed by atoms with Gasteiger partial charge < -0.3 is 4.90 Å². The van der Waals surface area contributed by atoms with E-state index in [4.69, 9.17) is 23.2 Å². The molecule has 3 heteroatoms. The van der Waals surface area contributed by atoms with Crippen LogP contribution in [0.15, 0.2) is 10.7 Å². The van der Waals surface area contributed by atoms with Crippen LogP contribution in [0.5, 0.6) is 0 Å². The van der Waals surface area contributed by atoms with E-state index in [0.717, 1.165) is 0 Å². The number of rotatable bonds is 1. The Labute approximate surface area is 53.5 Å². The number of hydrogen-bond donors (Lipinski definition) is 0. The molecule has 0 radical (unpaired) electrons. The Morgan fingerprint density at radius 3 is 2.00 bits per heavy atom. The van der Waals surface area contributed by atoms with Crippen molar-refractivity contribution in [2.24, 2.45) is 0 Å². The van der Waals surface area contributed by atoms with Crippen molar-refractivity contribution in [3.63, 3.8) is 0 Å². The Morgan fingerprint density at radius 1 is 1.57 bits per heavy atom. The predicted molar refractivity (Wildman–Crippen MR) is 33.5 cm³/mol. The Hall–Kier alpha value is 0.120. The summed E-state index contributed by atoms with van der Waals surface area (Å²) >= 11 is 10.7. The molecule has 7 heavy (non-hydrogen) atoms. The molecule has 0 heterocycles. The van der Waals surface area contributed by atoms with Crippen molar-refractivity contribution in [2.45, 2.75) is 0 Å². The van der Waals surface area contributed by atoms with E-state index in [-0.39, 0.29) is 0 Å². The van der Waals surface area contributed by atoms with Crippen LogP contribution in [0.4, 0.5) is 0 Å². The fraction of sp³-hybridized carbons (Fsp3) is 0.500. The van der Waals surface area contributed by atoms with E-state index in [0.29, 0.717) is 5.16 Å². The molecule has 0 rings (SSSR count). The smallest absolute Gasteiger partial charge is 0.115 e. The summed E-state index contributed by atoms with van der Waals surface area (Å²) in [6.45, 7) is 0. The molecule has 0 aliphatic rings. The molecule has 0 bridgehead atoms. The van der Waals surface area contributed by atoms with Crippen molar-refractivity contribution in [1.29, 1.82) is 0 Å². The van der Waals surface area contributed by atoms with E-state index in [2.05, 4.69) is 0 Å². The molecule has 0 saturated heterocycles. The predicted octanol–water partition coefficient (Wildman–Crippen LogP) is 1.82. The van der Waals surface area contributed by atoms with Crippen molar-refractivity contribution in [1.82, 2.24) is 4.90 Å². The van der Waals surface area contributed by atoms with Crippen LogP contribution in [0.2, 0.25) is 0 Å². The van der Waals surface area contributed by atoms with Gasteiger partial charge in [-0.15, -0.1) is 0 Å². The molecule has 0 fully saturated rings. The zero-order valence-corrected chi connectivity index (χ0v) is 5.79. The van der Waals surface area contributed by atoms with Gasteiger partial charge in [0.15, 0.2) is 0 Å². The van der Waals surface area contributed by atoms with Crippen LogP contribution in [0.1, 0.15) is 0 Å². The van der Waals surface area contributed by atoms with Gasteiger partial charge in [-0.3, -0.25) is 0 Å². The second-order valence-corrected chi connectivity index (χ2v) is 1.93. The maximum atomic E-state index is 5.46. The topological polar surface area (TPSA) is 3.24 Å². The molecule has 0 aliphatic carbocycles. The highest BCUT2D eigenvalue weighted by atomic mass is 35.5. The van der Waals surface area contributed by atoms with Gasteiger partial charge in [-0.05, 0) is 0 Å². The molecular weight excluding hydrogens is 133 g/mol. The van der Waals surface area contributed by atoms with Gasteiger partial charge in [0.05, 0.1) is 0 Å². The fourth-order valence-electron chi connectivity index (χ4n) is 0.0976. The summed E-state index contributed by atoms with van der Waals surface area (Å²) in [6.07, 6.45) is 0. The lowest BCUT2D eigenvalue weighted by Crippen LogP contribution is -2.04. The molecule has 42 valence electrons. The second-order valence-electron chi connectivity index (χ2n) is 1.33. The van der Waals surface area contributed by atoms with Crippen molar-refractivity contribution in [2.75, 3.05) is 14.1 Å². The quantitative estimate of drug-likeness (QED) is 0.502. The average molecular weight is 140 g/mol. The van der Waals surface area contributed by atoms with Crippen LogP contribution in [-0.4, -0.2) is 19.0 Å². The number of hydrogen-bond acceptors (Lipinski definition) is 1. The molecule has 0 aromatic rings. The van der Waals surface area contributed by atoms with Gasteiger partial charge in [0, 0.05) is 19.6 Å². The zero-order valence-electron chi connectivity index (χ0n) is 4.28. The number of nitrogens with zero attached hydrogens (tertiary/aromatic N) is 1. The minimum Gasteiger partial charge on any atom is -0.368 e. The third-order valence-corrected chi connectivity index (χ3v) is 1.28. The Bertz CT molecular complexity index is 77.8. The standard InChI is InChI=1S/C4H7Cl2N/c1-7(2)4(6)3-5/h3H,1-2H3. The third kappa shape index (κ3) is 2.77. The second kappa shape index (κ2) is 3.16. The molecule has 0 aromatic heterocycles. The molecule has 0 atom stereocenters. The minimum atomic E-state index is 0.543. The summed E-state index contributed by atoms with van der Waals surface area (Å²) in [7, 11) is 3.64. The Kier molecular flexibility index (Phi) is 3.22. The highest BCUT2D eigenvalue weighted by Gasteiger charge is 1.87. The van der Waals surface area contributed by atoms with E-state index in [1.54, 1.807) is 4.90 Å². The first-order valence-corrected chi connectivity index (χ1v) is 2.63. The first kappa shape index (κ1) is 7.12. The average Bonchev–Trinajstić information content (AvgIpc) is 1.65. The molecule has 0 aromatic carbocycles. The Balaban J connectivity index is 3.56. The van der Waals surface area contributed by atoms with E-state index in [1.807, 2.05) is 14.1 Å². The molecule has 0 aliphatic heterocycles. The van der Waals surface area contributed by atoms with Crippen LogP contribution >= 0.6 is 23.2 Å². The fourth-order valence-corrected chi connectivity index (χ4v) is 0.293. The molecule has 0 spiro atoms. The molecule has 0 N–H and O–H groups in total. The summed E-state index contributed by atoms with van der Waals surface area (Å²) in [4.78, 5) is 1.72. The first-order chi connectivity index (χ1) is 3.18. The van der Waals surface area contributed by atoms with Crippen LogP contribution in [-0.2, 0) is 0 Å². The summed E-state index contributed by atoms with van der Waals surface area (Å²) in [6, 6.07) is 0. The van der Waals surface area contributed by atoms with Gasteiger partial charge in [-0.25, -0.2) is 0 Å². The number of halogens is 2. The van der Waals surface area contributed by atoms with Gasteiger partial charge in [-0.1, -0.05) is 23.2 Å². The maximum absolute atomic E-state index is 5.46. The van der Waals surface area contributed by atoms with Crippen molar-refractivity contribution < 1.29 is 0 Å². The van der Waals surface area contributed by atoms with Crippen LogP contribution < -0.4 is 0 Å². The normalized spacial score (nSPS) is 11.7. The van der Waals surface area contributed by atoms with Gasteiger partial charge in [-0.2, -0.15) is 0 Å². The Morgan fingerprint density at radius 2 is 2.00 bits per heavy atom. The summed E-state index contributed by atoms with van der Waals surface area (Å²) < 4.78 is 0. The summed E-state index contributed by atoms with van der Waals surface area (Å²) in [5, 5.41) is 0.543. The summed E-state index contributed by atoms with van der Waals surface area (Å²) in [5.74, 6) is 0. The van der Waals surface area contributed by atoms with Gasteiger partial charge in [0.1, 0.15) is 5.16 Å². The van der Waals surface area contributed by atoms with Crippen LogP contribution in [0.3, 0.4) is 0 Å². The maximum Gasteiger partial charge on any atom is 0.115 e. The lowest BCUT2D eigenvalue weighted by molar-refractivity contribution is 0.548. The van der Waals surface area contributed by atoms with E-state index >= 15 is 0 Å². The lowest BCUT2D eigenvalue weighted by Gasteiger charge is -2.06. The van der Waals surface area contributed by atoms with E-state index in [9.17, 15) is 0 Å². The van der Waals surface area contributed by atoms with Crippen molar-refractivity contribution in [3.8, 4) is 0 Å². The highest BCUT2D eigenvalue weighted by molar-refractivity contribution is 6.36. The summed E-state index contributed by atoms with van der Waals surface area (Å²) in [5.41, 5.74) is 1.32. The SMILES string of the molecule is CN(C)C(Cl)=CCl. The molecule has 1 nitrogen and oxygen atoms in total. The van der Waals surface area contributed by atoms with Crippen LogP contribution in [0, 0.1) is 0 Å². The van der Waals surface area contributed by atoms with Crippen LogP contribution in [0.25, 0.3) is 0 Å². The zero-order chi connectivity index (χ0) is 5.86. The lowest BCUT2D eigenvalue weighted by atomic mass is 10.8. The first-order valence-electron chi connectivity index (χ1n) is 1.81. The van der Waals surface area contributed by atoms with Gasteiger partial charge in [0.2, 0.25) is 0 Å². The highest BCUT2D eigenvalue weighted by Crippen LogP contribution is 2.03. The monoisotopic (exact) mass is 139 g/mol. The molecular formula is C4H7Cl2N.